The molecule has 0 unspecified atom stereocenters. The molecule has 172 valence electrons. The summed E-state index contributed by atoms with van der Waals surface area (Å²) in [6.07, 6.45) is 2.02. The number of nitrogens with one attached hydrogen (secondary N) is 2. The summed E-state index contributed by atoms with van der Waals surface area (Å²) >= 11 is 1.65. The molecule has 0 spiro atoms. The Morgan fingerprint density at radius 3 is 2.76 bits per heavy atom. The number of aliphatic imine (C=N–C) groups is 1. The fourth-order valence-corrected chi connectivity index (χ4v) is 4.05. The molecule has 4 rings (SSSR count). The Hall–Kier alpha value is -3.46. The van der Waals surface area contributed by atoms with Gasteiger partial charge in [-0.2, -0.15) is 5.10 Å². The van der Waals surface area contributed by atoms with Crippen LogP contribution in [0.15, 0.2) is 52.4 Å². The lowest BCUT2D eigenvalue weighted by molar-refractivity contribution is 0.0976. The normalized spacial score (nSPS) is 12.7. The van der Waals surface area contributed by atoms with E-state index in [0.717, 1.165) is 34.1 Å². The summed E-state index contributed by atoms with van der Waals surface area (Å²) in [5, 5.41) is 10.7. The first kappa shape index (κ1) is 22.7. The second-order valence-corrected chi connectivity index (χ2v) is 8.39. The Labute approximate surface area is 197 Å². The maximum atomic E-state index is 13.0. The minimum absolute atomic E-state index is 0.157. The summed E-state index contributed by atoms with van der Waals surface area (Å²) in [4.78, 5) is 18.8. The topological polar surface area (TPSA) is 89.8 Å². The van der Waals surface area contributed by atoms with Crippen molar-refractivity contribution in [3.63, 3.8) is 0 Å². The summed E-state index contributed by atoms with van der Waals surface area (Å²) in [6, 6.07) is 13.0. The summed E-state index contributed by atoms with van der Waals surface area (Å²) < 4.78 is 12.7. The number of benzene rings is 2. The van der Waals surface area contributed by atoms with E-state index in [1.54, 1.807) is 30.0 Å². The predicted octanol–water partition coefficient (Wildman–Crippen LogP) is 4.37. The molecule has 0 bridgehead atoms. The third-order valence-electron chi connectivity index (χ3n) is 5.43. The third kappa shape index (κ3) is 5.14. The van der Waals surface area contributed by atoms with Crippen LogP contribution in [0.25, 0.3) is 0 Å². The van der Waals surface area contributed by atoms with E-state index in [0.29, 0.717) is 29.6 Å². The van der Waals surface area contributed by atoms with E-state index in [1.807, 2.05) is 49.1 Å². The van der Waals surface area contributed by atoms with E-state index >= 15 is 0 Å². The number of guanidine groups is 1. The summed E-state index contributed by atoms with van der Waals surface area (Å²) in [7, 11) is 0. The van der Waals surface area contributed by atoms with Crippen LogP contribution < -0.4 is 20.1 Å². The Kier molecular flexibility index (Phi) is 6.88. The molecule has 0 radical (unpaired) electrons. The van der Waals surface area contributed by atoms with Crippen molar-refractivity contribution in [2.24, 2.45) is 4.99 Å². The Bertz CT molecular complexity index is 1200. The van der Waals surface area contributed by atoms with Crippen LogP contribution in [0.4, 0.5) is 5.69 Å². The highest BCUT2D eigenvalue weighted by Gasteiger charge is 2.18. The number of ether oxygens (including phenoxy) is 2. The third-order valence-corrected chi connectivity index (χ3v) is 6.15. The van der Waals surface area contributed by atoms with Crippen LogP contribution in [0.2, 0.25) is 0 Å². The summed E-state index contributed by atoms with van der Waals surface area (Å²) in [5.74, 6) is 1.25. The fraction of sp³-hybridized carbons (Fsp3) is 0.292. The molecular formula is C24H27N5O3S. The van der Waals surface area contributed by atoms with Gasteiger partial charge >= 0.3 is 0 Å². The average Bonchev–Trinajstić information content (AvgIpc) is 3.40. The van der Waals surface area contributed by atoms with Gasteiger partial charge in [0.1, 0.15) is 0 Å². The number of hydrogen-bond donors (Lipinski definition) is 2. The van der Waals surface area contributed by atoms with Crippen LogP contribution >= 0.6 is 11.8 Å². The van der Waals surface area contributed by atoms with Crippen LogP contribution in [0.1, 0.15) is 34.2 Å². The molecule has 0 atom stereocenters. The molecule has 2 heterocycles. The van der Waals surface area contributed by atoms with E-state index in [-0.39, 0.29) is 12.7 Å². The first-order chi connectivity index (χ1) is 16.0. The number of amides is 1. The van der Waals surface area contributed by atoms with Crippen molar-refractivity contribution in [3.8, 4) is 11.5 Å². The van der Waals surface area contributed by atoms with E-state index in [1.165, 1.54) is 0 Å². The molecule has 0 saturated carbocycles. The van der Waals surface area contributed by atoms with Crippen LogP contribution in [-0.4, -0.2) is 34.7 Å². The Morgan fingerprint density at radius 1 is 1.18 bits per heavy atom. The van der Waals surface area contributed by atoms with Crippen molar-refractivity contribution in [3.05, 3.63) is 65.0 Å². The van der Waals surface area contributed by atoms with E-state index < -0.39 is 0 Å². The lowest BCUT2D eigenvalue weighted by Gasteiger charge is -2.13. The van der Waals surface area contributed by atoms with Gasteiger partial charge in [0.2, 0.25) is 12.8 Å². The van der Waals surface area contributed by atoms with Crippen molar-refractivity contribution in [2.75, 3.05) is 18.4 Å². The average molecular weight is 466 g/mol. The van der Waals surface area contributed by atoms with Crippen molar-refractivity contribution < 1.29 is 14.3 Å². The number of anilines is 1. The molecule has 9 heteroatoms. The first-order valence-electron chi connectivity index (χ1n) is 10.7. The molecule has 3 aromatic rings. The van der Waals surface area contributed by atoms with Gasteiger partial charge in [0.05, 0.1) is 12.2 Å². The number of fused-ring (bicyclic) bond motifs is 1. The molecule has 1 aliphatic heterocycles. The van der Waals surface area contributed by atoms with Crippen LogP contribution in [0.5, 0.6) is 11.5 Å². The van der Waals surface area contributed by atoms with Gasteiger partial charge in [-0.25, -0.2) is 4.99 Å². The molecule has 2 aromatic carbocycles. The highest BCUT2D eigenvalue weighted by molar-refractivity contribution is 7.98. The van der Waals surface area contributed by atoms with E-state index in [2.05, 4.69) is 22.7 Å². The Morgan fingerprint density at radius 2 is 2.00 bits per heavy atom. The first-order valence-corrected chi connectivity index (χ1v) is 11.9. The highest BCUT2D eigenvalue weighted by atomic mass is 32.2. The summed E-state index contributed by atoms with van der Waals surface area (Å²) in [5.41, 5.74) is 4.35. The number of aryl methyl sites for hydroxylation is 2. The predicted molar refractivity (Wildman–Crippen MR) is 130 cm³/mol. The highest BCUT2D eigenvalue weighted by Crippen LogP contribution is 2.32. The van der Waals surface area contributed by atoms with Gasteiger partial charge in [-0.3, -0.25) is 14.8 Å². The molecule has 1 amide bonds. The van der Waals surface area contributed by atoms with Crippen molar-refractivity contribution in [1.82, 2.24) is 15.1 Å². The number of hydrogen-bond acceptors (Lipinski definition) is 6. The Balaban J connectivity index is 1.59. The van der Waals surface area contributed by atoms with E-state index in [9.17, 15) is 4.79 Å². The molecule has 2 N–H and O–H groups in total. The smallest absolute Gasteiger partial charge is 0.258 e. The zero-order valence-electron chi connectivity index (χ0n) is 19.1. The standard InChI is InChI=1S/C24H27N5O3S/c1-5-29-16(3)20(15(2)28-29)13-25-24(26-18-7-6-8-19(12-18)33-4)27-23(30)17-9-10-21-22(11-17)32-14-31-21/h6-12H,5,13-14H2,1-4H3,(H2,25,26,27,30). The van der Waals surface area contributed by atoms with Gasteiger partial charge in [-0.15, -0.1) is 11.8 Å². The lowest BCUT2D eigenvalue weighted by atomic mass is 10.2. The summed E-state index contributed by atoms with van der Waals surface area (Å²) in [6.45, 7) is 7.42. The molecule has 0 fully saturated rings. The maximum Gasteiger partial charge on any atom is 0.258 e. The molecule has 33 heavy (non-hydrogen) atoms. The maximum absolute atomic E-state index is 13.0. The molecule has 0 saturated heterocycles. The molecule has 1 aromatic heterocycles. The van der Waals surface area contributed by atoms with E-state index in [4.69, 9.17) is 14.5 Å². The lowest BCUT2D eigenvalue weighted by Crippen LogP contribution is -2.36. The minimum atomic E-state index is -0.293. The zero-order valence-corrected chi connectivity index (χ0v) is 20.0. The van der Waals surface area contributed by atoms with Gasteiger partial charge in [0.25, 0.3) is 5.91 Å². The van der Waals surface area contributed by atoms with Crippen molar-refractivity contribution >= 4 is 29.3 Å². The quantitative estimate of drug-likeness (QED) is 0.319. The second kappa shape index (κ2) is 9.99. The number of rotatable bonds is 6. The number of carbonyl (C=O) groups excluding carboxylic acids is 1. The largest absolute Gasteiger partial charge is 0.454 e. The monoisotopic (exact) mass is 465 g/mol. The fourth-order valence-electron chi connectivity index (χ4n) is 3.59. The number of carbonyl (C=O) groups is 1. The number of thioether (sulfide) groups is 1. The SMILES string of the molecule is CCn1nc(C)c(CN=C(NC(=O)c2ccc3c(c2)OCO3)Nc2cccc(SC)c2)c1C. The van der Waals surface area contributed by atoms with Gasteiger partial charge in [0, 0.05) is 33.9 Å². The van der Waals surface area contributed by atoms with Crippen LogP contribution in [0.3, 0.4) is 0 Å². The van der Waals surface area contributed by atoms with Gasteiger partial charge in [-0.1, -0.05) is 6.07 Å². The van der Waals surface area contributed by atoms with Gasteiger partial charge in [-0.05, 0) is 63.4 Å². The van der Waals surface area contributed by atoms with Gasteiger partial charge < -0.3 is 14.8 Å². The second-order valence-electron chi connectivity index (χ2n) is 7.51. The number of aromatic nitrogens is 2. The molecule has 1 aliphatic rings. The van der Waals surface area contributed by atoms with Crippen molar-refractivity contribution in [2.45, 2.75) is 38.8 Å². The van der Waals surface area contributed by atoms with Crippen LogP contribution in [0, 0.1) is 13.8 Å². The minimum Gasteiger partial charge on any atom is -0.454 e. The molecule has 8 nitrogen and oxygen atoms in total. The molecular weight excluding hydrogens is 438 g/mol. The zero-order chi connectivity index (χ0) is 23.4. The number of nitrogens with zero attached hydrogens (tertiary/aromatic N) is 3. The van der Waals surface area contributed by atoms with Crippen molar-refractivity contribution in [1.29, 1.82) is 0 Å². The van der Waals surface area contributed by atoms with Gasteiger partial charge in [0.15, 0.2) is 11.5 Å². The molecule has 0 aliphatic carbocycles. The van der Waals surface area contributed by atoms with Crippen LogP contribution in [-0.2, 0) is 13.1 Å².